The van der Waals surface area contributed by atoms with E-state index >= 15 is 0 Å². The Morgan fingerprint density at radius 2 is 1.92 bits per heavy atom. The largest absolute Gasteiger partial charge is 0.402 e. The van der Waals surface area contributed by atoms with Crippen LogP contribution < -0.4 is 11.5 Å². The molecule has 12 heavy (non-hydrogen) atoms. The molecular formula is C8H13N3O. The zero-order chi connectivity index (χ0) is 9.72. The molecule has 0 aromatic rings. The van der Waals surface area contributed by atoms with E-state index in [0.29, 0.717) is 11.4 Å². The van der Waals surface area contributed by atoms with E-state index in [-0.39, 0.29) is 5.57 Å². The Labute approximate surface area is 71.7 Å². The third-order valence-corrected chi connectivity index (χ3v) is 1.10. The Balaban J connectivity index is 4.70. The molecular weight excluding hydrogens is 154 g/mol. The van der Waals surface area contributed by atoms with Crippen LogP contribution in [0, 0.1) is 0 Å². The van der Waals surface area contributed by atoms with E-state index in [4.69, 9.17) is 11.5 Å². The highest BCUT2D eigenvalue weighted by atomic mass is 16.1. The van der Waals surface area contributed by atoms with Crippen LogP contribution >= 0.6 is 0 Å². The van der Waals surface area contributed by atoms with Crippen LogP contribution in [-0.4, -0.2) is 12.1 Å². The number of rotatable bonds is 3. The Morgan fingerprint density at radius 1 is 1.42 bits per heavy atom. The van der Waals surface area contributed by atoms with Crippen LogP contribution in [0.3, 0.4) is 0 Å². The van der Waals surface area contributed by atoms with Gasteiger partial charge in [0.1, 0.15) is 0 Å². The number of aliphatic imine (C=N–C) groups is 1. The Bertz CT molecular complexity index is 259. The molecule has 4 heteroatoms. The van der Waals surface area contributed by atoms with Gasteiger partial charge in [-0.25, -0.2) is 0 Å². The topological polar surface area (TPSA) is 81.5 Å². The van der Waals surface area contributed by atoms with Crippen LogP contribution in [-0.2, 0) is 4.79 Å². The van der Waals surface area contributed by atoms with Crippen LogP contribution in [0.1, 0.15) is 13.8 Å². The summed E-state index contributed by atoms with van der Waals surface area (Å²) in [5, 5.41) is 0. The van der Waals surface area contributed by atoms with Crippen molar-refractivity contribution in [3.63, 3.8) is 0 Å². The maximum absolute atomic E-state index is 10.7. The van der Waals surface area contributed by atoms with Gasteiger partial charge in [0.15, 0.2) is 0 Å². The quantitative estimate of drug-likeness (QED) is 0.468. The smallest absolute Gasteiger partial charge is 0.252 e. The zero-order valence-electron chi connectivity index (χ0n) is 7.29. The average molecular weight is 167 g/mol. The van der Waals surface area contributed by atoms with Gasteiger partial charge in [0.25, 0.3) is 5.91 Å². The second-order valence-electron chi connectivity index (χ2n) is 2.45. The highest BCUT2D eigenvalue weighted by Crippen LogP contribution is 1.96. The highest BCUT2D eigenvalue weighted by Gasteiger charge is 2.03. The van der Waals surface area contributed by atoms with Crippen LogP contribution in [0.15, 0.2) is 28.5 Å². The molecule has 0 unspecified atom stereocenters. The fraction of sp³-hybridized carbons (Fsp3) is 0.250. The van der Waals surface area contributed by atoms with Gasteiger partial charge in [0.2, 0.25) is 0 Å². The molecule has 0 fully saturated rings. The number of amides is 1. The van der Waals surface area contributed by atoms with Crippen molar-refractivity contribution < 1.29 is 4.79 Å². The Morgan fingerprint density at radius 3 is 2.17 bits per heavy atom. The molecule has 66 valence electrons. The predicted molar refractivity (Wildman–Crippen MR) is 49.4 cm³/mol. The number of nitrogens with two attached hydrogens (primary N) is 2. The second-order valence-corrected chi connectivity index (χ2v) is 2.45. The maximum Gasteiger partial charge on any atom is 0.252 e. The van der Waals surface area contributed by atoms with Gasteiger partial charge < -0.3 is 11.5 Å². The van der Waals surface area contributed by atoms with Crippen molar-refractivity contribution in [3.05, 3.63) is 23.5 Å². The van der Waals surface area contributed by atoms with Crippen LogP contribution in [0.5, 0.6) is 0 Å². The lowest BCUT2D eigenvalue weighted by atomic mass is 10.2. The summed E-state index contributed by atoms with van der Waals surface area (Å²) in [6, 6.07) is 0. The number of carbonyl (C=O) groups excluding carboxylic acids is 1. The molecule has 4 nitrogen and oxygen atoms in total. The van der Waals surface area contributed by atoms with E-state index in [0.717, 1.165) is 0 Å². The van der Waals surface area contributed by atoms with Crippen LogP contribution in [0.25, 0.3) is 0 Å². The summed E-state index contributed by atoms with van der Waals surface area (Å²) in [7, 11) is 0. The van der Waals surface area contributed by atoms with Crippen molar-refractivity contribution in [1.29, 1.82) is 0 Å². The molecule has 0 rings (SSSR count). The number of hydrogen-bond donors (Lipinski definition) is 2. The molecule has 0 bridgehead atoms. The molecule has 0 aliphatic rings. The first-order chi connectivity index (χ1) is 5.45. The molecule has 0 aliphatic carbocycles. The fourth-order valence-electron chi connectivity index (χ4n) is 0.535. The van der Waals surface area contributed by atoms with Crippen molar-refractivity contribution in [3.8, 4) is 0 Å². The van der Waals surface area contributed by atoms with E-state index in [1.54, 1.807) is 13.8 Å². The number of primary amides is 1. The summed E-state index contributed by atoms with van der Waals surface area (Å²) in [6.07, 6.45) is 1.32. The van der Waals surface area contributed by atoms with E-state index in [2.05, 4.69) is 11.6 Å². The molecule has 0 saturated heterocycles. The first-order valence-corrected chi connectivity index (χ1v) is 3.41. The molecule has 0 aromatic carbocycles. The minimum absolute atomic E-state index is 0.220. The average Bonchev–Trinajstić information content (AvgIpc) is 1.84. The molecule has 4 N–H and O–H groups in total. The molecule has 0 aliphatic heterocycles. The number of hydrogen-bond acceptors (Lipinski definition) is 3. The third kappa shape index (κ3) is 3.55. The van der Waals surface area contributed by atoms with Gasteiger partial charge in [0, 0.05) is 17.6 Å². The second kappa shape index (κ2) is 4.33. The van der Waals surface area contributed by atoms with E-state index < -0.39 is 5.91 Å². The summed E-state index contributed by atoms with van der Waals surface area (Å²) < 4.78 is 0. The van der Waals surface area contributed by atoms with E-state index in [9.17, 15) is 4.79 Å². The zero-order valence-corrected chi connectivity index (χ0v) is 7.29. The Kier molecular flexibility index (Phi) is 3.76. The van der Waals surface area contributed by atoms with Crippen molar-refractivity contribution in [2.24, 2.45) is 16.5 Å². The van der Waals surface area contributed by atoms with Gasteiger partial charge in [-0.3, -0.25) is 9.79 Å². The van der Waals surface area contributed by atoms with Crippen molar-refractivity contribution in [2.45, 2.75) is 13.8 Å². The monoisotopic (exact) mass is 167 g/mol. The van der Waals surface area contributed by atoms with Crippen LogP contribution in [0.4, 0.5) is 0 Å². The summed E-state index contributed by atoms with van der Waals surface area (Å²) in [6.45, 7) is 6.83. The van der Waals surface area contributed by atoms with Crippen molar-refractivity contribution in [2.75, 3.05) is 0 Å². The van der Waals surface area contributed by atoms with Gasteiger partial charge in [-0.15, -0.1) is 0 Å². The van der Waals surface area contributed by atoms with Crippen LogP contribution in [0.2, 0.25) is 0 Å². The maximum atomic E-state index is 10.7. The molecule has 0 atom stereocenters. The van der Waals surface area contributed by atoms with Gasteiger partial charge >= 0.3 is 0 Å². The molecule has 0 radical (unpaired) electrons. The van der Waals surface area contributed by atoms with Crippen molar-refractivity contribution >= 4 is 12.1 Å². The van der Waals surface area contributed by atoms with Gasteiger partial charge in [0.05, 0.1) is 5.57 Å². The van der Waals surface area contributed by atoms with E-state index in [1.807, 2.05) is 0 Å². The summed E-state index contributed by atoms with van der Waals surface area (Å²) in [5.41, 5.74) is 11.6. The molecule has 0 spiro atoms. The highest BCUT2D eigenvalue weighted by molar-refractivity contribution is 6.12. The summed E-state index contributed by atoms with van der Waals surface area (Å²) in [4.78, 5) is 14.5. The SMILES string of the molecule is C=C(C)N=C/C(C(N)=O)=C(\C)N. The summed E-state index contributed by atoms with van der Waals surface area (Å²) in [5.74, 6) is -0.583. The standard InChI is InChI=1S/C8H13N3O/c1-5(2)11-4-7(6(3)9)8(10)12/h4H,1,9H2,2-3H3,(H2,10,12)/b7-6-,11-4?. The molecule has 0 aromatic heterocycles. The van der Waals surface area contributed by atoms with Gasteiger partial charge in [-0.2, -0.15) is 0 Å². The first kappa shape index (κ1) is 10.4. The van der Waals surface area contributed by atoms with E-state index in [1.165, 1.54) is 6.21 Å². The fourth-order valence-corrected chi connectivity index (χ4v) is 0.535. The lowest BCUT2D eigenvalue weighted by molar-refractivity contribution is -0.114. The van der Waals surface area contributed by atoms with Gasteiger partial charge in [-0.05, 0) is 13.8 Å². The number of carbonyl (C=O) groups is 1. The predicted octanol–water partition coefficient (Wildman–Crippen LogP) is 0.309. The Hall–Kier alpha value is -1.58. The molecule has 0 heterocycles. The lowest BCUT2D eigenvalue weighted by Gasteiger charge is -1.97. The third-order valence-electron chi connectivity index (χ3n) is 1.10. The number of allylic oxidation sites excluding steroid dienone is 2. The summed E-state index contributed by atoms with van der Waals surface area (Å²) >= 11 is 0. The minimum Gasteiger partial charge on any atom is -0.402 e. The normalized spacial score (nSPS) is 12.8. The molecule has 1 amide bonds. The van der Waals surface area contributed by atoms with Crippen molar-refractivity contribution in [1.82, 2.24) is 0 Å². The first-order valence-electron chi connectivity index (χ1n) is 3.41. The molecule has 0 saturated carbocycles. The number of nitrogens with zero attached hydrogens (tertiary/aromatic N) is 1. The minimum atomic E-state index is -0.583. The lowest BCUT2D eigenvalue weighted by Crippen LogP contribution is -2.18. The van der Waals surface area contributed by atoms with Gasteiger partial charge in [-0.1, -0.05) is 6.58 Å².